The van der Waals surface area contributed by atoms with Crippen LogP contribution < -0.4 is 0 Å². The van der Waals surface area contributed by atoms with Crippen LogP contribution >= 0.6 is 23.2 Å². The van der Waals surface area contributed by atoms with Gasteiger partial charge in [-0.15, -0.1) is 0 Å². The molecule has 0 atom stereocenters. The van der Waals surface area contributed by atoms with Crippen LogP contribution in [-0.2, 0) is 0 Å². The average Bonchev–Trinajstić information content (AvgIpc) is 3.10. The minimum atomic E-state index is -1.79. The molecule has 0 saturated carbocycles. The largest absolute Gasteiger partial charge is 0.397 e. The van der Waals surface area contributed by atoms with E-state index in [9.17, 15) is 10.2 Å². The van der Waals surface area contributed by atoms with Crippen LogP contribution in [0.5, 0.6) is 0 Å². The fraction of sp³-hybridized carbons (Fsp3) is 0.600. The molecule has 0 aliphatic heterocycles. The second-order valence-electron chi connectivity index (χ2n) is 8.72. The first kappa shape index (κ1) is 22.2. The van der Waals surface area contributed by atoms with E-state index in [1.807, 2.05) is 0 Å². The van der Waals surface area contributed by atoms with Crippen LogP contribution in [0.2, 0.25) is 38.3 Å². The van der Waals surface area contributed by atoms with Gasteiger partial charge in [-0.05, 0) is 33.6 Å². The van der Waals surface area contributed by atoms with Crippen LogP contribution in [-0.4, -0.2) is 39.6 Å². The van der Waals surface area contributed by atoms with Crippen LogP contribution in [0, 0.1) is 5.92 Å². The summed E-state index contributed by atoms with van der Waals surface area (Å²) in [6, 6.07) is 1.66. The number of aliphatic hydroxyl groups excluding tert-OH is 2. The first-order valence-corrected chi connectivity index (χ1v) is 16.6. The summed E-state index contributed by atoms with van der Waals surface area (Å²) < 4.78 is 0. The van der Waals surface area contributed by atoms with Gasteiger partial charge in [0.1, 0.15) is 0 Å². The van der Waals surface area contributed by atoms with Crippen molar-refractivity contribution in [1.29, 1.82) is 0 Å². The molecule has 2 aliphatic rings. The summed E-state index contributed by atoms with van der Waals surface area (Å²) >= 11 is 13.3. The molecule has 0 fully saturated rings. The van der Waals surface area contributed by atoms with Crippen molar-refractivity contribution in [2.24, 2.45) is 5.92 Å². The molecule has 2 nitrogen and oxygen atoms in total. The average molecular weight is 432 g/mol. The van der Waals surface area contributed by atoms with Gasteiger partial charge in [-0.25, -0.2) is 0 Å². The third-order valence-electron chi connectivity index (χ3n) is 5.88. The lowest BCUT2D eigenvalue weighted by atomic mass is 9.93. The van der Waals surface area contributed by atoms with Gasteiger partial charge in [0.25, 0.3) is 0 Å². The number of allylic oxidation sites excluding steroid dienone is 8. The molecule has 26 heavy (non-hydrogen) atoms. The van der Waals surface area contributed by atoms with E-state index in [1.54, 1.807) is 0 Å². The topological polar surface area (TPSA) is 40.5 Å². The van der Waals surface area contributed by atoms with E-state index in [0.717, 1.165) is 35.0 Å². The van der Waals surface area contributed by atoms with E-state index in [4.69, 9.17) is 23.2 Å². The molecule has 0 aromatic rings. The molecule has 2 rings (SSSR count). The molecule has 2 aliphatic carbocycles. The second-order valence-corrected chi connectivity index (χ2v) is 19.2. The fourth-order valence-electron chi connectivity index (χ4n) is 4.40. The number of halogens is 2. The van der Waals surface area contributed by atoms with Crippen molar-refractivity contribution in [2.45, 2.75) is 58.0 Å². The summed E-state index contributed by atoms with van der Waals surface area (Å²) in [5.41, 5.74) is 2.67. The second kappa shape index (κ2) is 8.50. The van der Waals surface area contributed by atoms with Crippen molar-refractivity contribution < 1.29 is 10.2 Å². The van der Waals surface area contributed by atoms with Gasteiger partial charge < -0.3 is 10.2 Å². The lowest BCUT2D eigenvalue weighted by Crippen LogP contribution is -2.35. The summed E-state index contributed by atoms with van der Waals surface area (Å²) in [6.07, 6.45) is 6.16. The van der Waals surface area contributed by atoms with Crippen molar-refractivity contribution in [1.82, 2.24) is 0 Å². The Bertz CT molecular complexity index is 630. The Kier molecular flexibility index (Phi) is 7.25. The number of rotatable bonds is 8. The van der Waals surface area contributed by atoms with Crippen LogP contribution in [0.1, 0.15) is 19.8 Å². The van der Waals surface area contributed by atoms with Crippen LogP contribution in [0.15, 0.2) is 43.8 Å². The lowest BCUT2D eigenvalue weighted by molar-refractivity contribution is 0.316. The number of hydrogen-bond donors (Lipinski definition) is 2. The molecule has 0 bridgehead atoms. The van der Waals surface area contributed by atoms with Crippen molar-refractivity contribution in [3.05, 3.63) is 43.8 Å². The molecule has 0 heterocycles. The van der Waals surface area contributed by atoms with Crippen LogP contribution in [0.25, 0.3) is 0 Å². The molecule has 0 unspecified atom stereocenters. The van der Waals surface area contributed by atoms with Crippen molar-refractivity contribution in [2.75, 3.05) is 13.2 Å². The maximum atomic E-state index is 9.52. The monoisotopic (exact) mass is 430 g/mol. The first-order valence-electron chi connectivity index (χ1n) is 9.47. The fourth-order valence-corrected chi connectivity index (χ4v) is 11.8. The molecular formula is C20H32Cl2O2Si2. The van der Waals surface area contributed by atoms with E-state index >= 15 is 0 Å². The Labute approximate surface area is 170 Å². The van der Waals surface area contributed by atoms with Gasteiger partial charge in [0, 0.05) is 42.0 Å². The van der Waals surface area contributed by atoms with Crippen molar-refractivity contribution >= 4 is 39.3 Å². The molecule has 0 aromatic heterocycles. The zero-order valence-corrected chi connectivity index (χ0v) is 20.1. The highest BCUT2D eigenvalue weighted by Crippen LogP contribution is 2.47. The molecule has 0 aromatic carbocycles. The maximum Gasteiger partial charge on any atom is 0.0847 e. The van der Waals surface area contributed by atoms with Gasteiger partial charge in [-0.1, -0.05) is 68.5 Å². The molecule has 0 spiro atoms. The zero-order valence-electron chi connectivity index (χ0n) is 16.6. The molecule has 6 heteroatoms. The lowest BCUT2D eigenvalue weighted by Gasteiger charge is -2.33. The van der Waals surface area contributed by atoms with E-state index in [2.05, 4.69) is 45.3 Å². The van der Waals surface area contributed by atoms with Gasteiger partial charge in [0.05, 0.1) is 16.1 Å². The predicted octanol–water partition coefficient (Wildman–Crippen LogP) is 5.75. The van der Waals surface area contributed by atoms with Crippen LogP contribution in [0.3, 0.4) is 0 Å². The molecule has 0 radical (unpaired) electrons. The van der Waals surface area contributed by atoms with Crippen molar-refractivity contribution in [3.8, 4) is 0 Å². The summed E-state index contributed by atoms with van der Waals surface area (Å²) in [6.45, 7) is 11.9. The SMILES string of the molecule is CC(C1=CCC(Cl)=C1[Si](C)(C)CCO)C1=CCC(Cl)=C1[Si](C)(C)CCO. The van der Waals surface area contributed by atoms with Gasteiger partial charge >= 0.3 is 0 Å². The highest BCUT2D eigenvalue weighted by Gasteiger charge is 2.39. The number of hydrogen-bond acceptors (Lipinski definition) is 2. The van der Waals surface area contributed by atoms with Gasteiger partial charge in [-0.2, -0.15) is 0 Å². The summed E-state index contributed by atoms with van der Waals surface area (Å²) in [7, 11) is -3.57. The Balaban J connectivity index is 2.39. The summed E-state index contributed by atoms with van der Waals surface area (Å²) in [5, 5.41) is 23.6. The van der Waals surface area contributed by atoms with E-state index < -0.39 is 16.1 Å². The highest BCUT2D eigenvalue weighted by molar-refractivity contribution is 6.86. The van der Waals surface area contributed by atoms with Gasteiger partial charge in [-0.3, -0.25) is 0 Å². The Morgan fingerprint density at radius 3 is 1.50 bits per heavy atom. The summed E-state index contributed by atoms with van der Waals surface area (Å²) in [5.74, 6) is 0.253. The van der Waals surface area contributed by atoms with E-state index in [0.29, 0.717) is 0 Å². The molecular weight excluding hydrogens is 399 g/mol. The van der Waals surface area contributed by atoms with Gasteiger partial charge in [0.2, 0.25) is 0 Å². The smallest absolute Gasteiger partial charge is 0.0847 e. The summed E-state index contributed by atoms with van der Waals surface area (Å²) in [4.78, 5) is 0. The van der Waals surface area contributed by atoms with Crippen LogP contribution in [0.4, 0.5) is 0 Å². The maximum absolute atomic E-state index is 9.52. The Morgan fingerprint density at radius 2 is 1.19 bits per heavy atom. The number of aliphatic hydroxyl groups is 2. The Morgan fingerprint density at radius 1 is 0.846 bits per heavy atom. The third kappa shape index (κ3) is 4.31. The normalized spacial score (nSPS) is 19.0. The third-order valence-corrected chi connectivity index (χ3v) is 13.7. The Hall–Kier alpha value is -0.106. The predicted molar refractivity (Wildman–Crippen MR) is 119 cm³/mol. The molecule has 0 amide bonds. The highest BCUT2D eigenvalue weighted by atomic mass is 35.5. The quantitative estimate of drug-likeness (QED) is 0.481. The van der Waals surface area contributed by atoms with Gasteiger partial charge in [0.15, 0.2) is 0 Å². The minimum absolute atomic E-state index is 0.213. The zero-order chi connectivity index (χ0) is 19.7. The minimum Gasteiger partial charge on any atom is -0.397 e. The van der Waals surface area contributed by atoms with E-state index in [1.165, 1.54) is 21.5 Å². The molecule has 2 N–H and O–H groups in total. The standard InChI is InChI=1S/C20H32Cl2O2Si2/c1-14(15-6-8-17(21)19(15)25(2,3)12-10-23)16-7-9-18(22)20(16)26(4,5)13-11-24/h6-7,14,23-24H,8-13H2,1-5H3. The van der Waals surface area contributed by atoms with E-state index in [-0.39, 0.29) is 19.1 Å². The molecule has 0 saturated heterocycles. The molecule has 146 valence electrons. The first-order chi connectivity index (χ1) is 12.1. The van der Waals surface area contributed by atoms with Crippen molar-refractivity contribution in [3.63, 3.8) is 0 Å².